The number of amides is 1. The fourth-order valence-corrected chi connectivity index (χ4v) is 2.59. The fourth-order valence-electron chi connectivity index (χ4n) is 2.59. The van der Waals surface area contributed by atoms with Gasteiger partial charge in [-0.1, -0.05) is 42.0 Å². The lowest BCUT2D eigenvalue weighted by Gasteiger charge is -2.22. The van der Waals surface area contributed by atoms with Gasteiger partial charge in [0.05, 0.1) is 13.5 Å². The molecule has 2 aromatic carbocycles. The highest BCUT2D eigenvalue weighted by Gasteiger charge is 2.16. The molecule has 4 nitrogen and oxygen atoms in total. The molecule has 0 saturated carbocycles. The highest BCUT2D eigenvalue weighted by molar-refractivity contribution is 5.77. The summed E-state index contributed by atoms with van der Waals surface area (Å²) in [5.74, 6) is -0.722. The normalized spacial score (nSPS) is 10.4. The molecule has 1 amide bonds. The molecule has 26 heavy (non-hydrogen) atoms. The van der Waals surface area contributed by atoms with Crippen LogP contribution in [0.1, 0.15) is 29.5 Å². The molecule has 0 heterocycles. The van der Waals surface area contributed by atoms with E-state index in [0.717, 1.165) is 11.1 Å². The van der Waals surface area contributed by atoms with E-state index in [9.17, 15) is 14.0 Å². The first-order chi connectivity index (χ1) is 12.5. The van der Waals surface area contributed by atoms with E-state index in [-0.39, 0.29) is 30.7 Å². The van der Waals surface area contributed by atoms with E-state index < -0.39 is 0 Å². The number of hydrogen-bond acceptors (Lipinski definition) is 3. The quantitative estimate of drug-likeness (QED) is 0.678. The molecule has 138 valence electrons. The molecule has 2 aromatic rings. The van der Waals surface area contributed by atoms with Crippen molar-refractivity contribution in [2.45, 2.75) is 32.7 Å². The van der Waals surface area contributed by atoms with Crippen LogP contribution < -0.4 is 0 Å². The van der Waals surface area contributed by atoms with Crippen molar-refractivity contribution >= 4 is 11.9 Å². The lowest BCUT2D eigenvalue weighted by Crippen LogP contribution is -2.33. The van der Waals surface area contributed by atoms with E-state index in [4.69, 9.17) is 0 Å². The monoisotopic (exact) mass is 357 g/mol. The van der Waals surface area contributed by atoms with Crippen molar-refractivity contribution < 1.29 is 18.7 Å². The summed E-state index contributed by atoms with van der Waals surface area (Å²) in [4.78, 5) is 25.7. The number of hydrogen-bond donors (Lipinski definition) is 0. The Hall–Kier alpha value is -2.69. The summed E-state index contributed by atoms with van der Waals surface area (Å²) in [6.45, 7) is 2.63. The van der Waals surface area contributed by atoms with Gasteiger partial charge in [0, 0.05) is 19.5 Å². The smallest absolute Gasteiger partial charge is 0.307 e. The molecule has 0 spiro atoms. The second kappa shape index (κ2) is 9.70. The second-order valence-corrected chi connectivity index (χ2v) is 6.25. The molecule has 0 aliphatic carbocycles. The lowest BCUT2D eigenvalue weighted by atomic mass is 10.1. The summed E-state index contributed by atoms with van der Waals surface area (Å²) in [5.41, 5.74) is 3.09. The second-order valence-electron chi connectivity index (χ2n) is 6.25. The van der Waals surface area contributed by atoms with Gasteiger partial charge in [-0.3, -0.25) is 9.59 Å². The Balaban J connectivity index is 2.00. The van der Waals surface area contributed by atoms with Gasteiger partial charge < -0.3 is 9.64 Å². The van der Waals surface area contributed by atoms with Crippen LogP contribution >= 0.6 is 0 Å². The Morgan fingerprint density at radius 1 is 0.962 bits per heavy atom. The summed E-state index contributed by atoms with van der Waals surface area (Å²) in [7, 11) is 1.33. The molecule has 0 unspecified atom stereocenters. The highest BCUT2D eigenvalue weighted by atomic mass is 19.1. The third kappa shape index (κ3) is 6.31. The van der Waals surface area contributed by atoms with Crippen LogP contribution in [0.25, 0.3) is 0 Å². The third-order valence-electron chi connectivity index (χ3n) is 4.20. The fraction of sp³-hybridized carbons (Fsp3) is 0.333. The molecule has 0 N–H and O–H groups in total. The predicted molar refractivity (Wildman–Crippen MR) is 98.0 cm³/mol. The van der Waals surface area contributed by atoms with Crippen molar-refractivity contribution in [3.8, 4) is 0 Å². The van der Waals surface area contributed by atoms with Gasteiger partial charge in [-0.15, -0.1) is 0 Å². The van der Waals surface area contributed by atoms with Gasteiger partial charge in [-0.2, -0.15) is 0 Å². The van der Waals surface area contributed by atoms with Crippen LogP contribution in [0.2, 0.25) is 0 Å². The SMILES string of the molecule is COC(=O)CCN(Cc1ccc(F)cc1)C(=O)CCc1ccc(C)cc1. The zero-order chi connectivity index (χ0) is 18.9. The van der Waals surface area contributed by atoms with Crippen molar-refractivity contribution in [2.75, 3.05) is 13.7 Å². The van der Waals surface area contributed by atoms with E-state index >= 15 is 0 Å². The summed E-state index contributed by atoms with van der Waals surface area (Å²) in [6.07, 6.45) is 1.12. The molecule has 0 aliphatic heterocycles. The van der Waals surface area contributed by atoms with Crippen LogP contribution in [0.3, 0.4) is 0 Å². The number of carbonyl (C=O) groups is 2. The van der Waals surface area contributed by atoms with E-state index in [1.165, 1.54) is 24.8 Å². The zero-order valence-corrected chi connectivity index (χ0v) is 15.2. The van der Waals surface area contributed by atoms with E-state index in [2.05, 4.69) is 4.74 Å². The minimum atomic E-state index is -0.361. The number of esters is 1. The first-order valence-corrected chi connectivity index (χ1v) is 8.62. The van der Waals surface area contributed by atoms with Crippen LogP contribution in [-0.4, -0.2) is 30.4 Å². The molecule has 0 aromatic heterocycles. The molecule has 0 radical (unpaired) electrons. The molecule has 5 heteroatoms. The van der Waals surface area contributed by atoms with Gasteiger partial charge in [-0.25, -0.2) is 4.39 Å². The third-order valence-corrected chi connectivity index (χ3v) is 4.20. The number of carbonyl (C=O) groups excluding carboxylic acids is 2. The predicted octanol–water partition coefficient (Wildman–Crippen LogP) is 3.66. The molecule has 2 rings (SSSR count). The Labute approximate surface area is 153 Å². The number of benzene rings is 2. The van der Waals surface area contributed by atoms with Gasteiger partial charge >= 0.3 is 5.97 Å². The maximum atomic E-state index is 13.1. The molecular formula is C21H24FNO3. The number of methoxy groups -OCH3 is 1. The Bertz CT molecular complexity index is 726. The number of halogens is 1. The van der Waals surface area contributed by atoms with E-state index in [1.54, 1.807) is 17.0 Å². The van der Waals surface area contributed by atoms with Gasteiger partial charge in [-0.05, 0) is 36.6 Å². The van der Waals surface area contributed by atoms with E-state index in [1.807, 2.05) is 31.2 Å². The van der Waals surface area contributed by atoms with Crippen LogP contribution in [0.5, 0.6) is 0 Å². The maximum Gasteiger partial charge on any atom is 0.307 e. The summed E-state index contributed by atoms with van der Waals surface area (Å²) < 4.78 is 17.7. The molecule has 0 saturated heterocycles. The van der Waals surface area contributed by atoms with Gasteiger partial charge in [0.15, 0.2) is 0 Å². The average Bonchev–Trinajstić information content (AvgIpc) is 2.65. The minimum absolute atomic E-state index is 0.0428. The highest BCUT2D eigenvalue weighted by Crippen LogP contribution is 2.12. The number of nitrogens with zero attached hydrogens (tertiary/aromatic N) is 1. The standard InChI is InChI=1S/C21H24FNO3/c1-16-3-5-17(6-4-16)9-12-20(24)23(14-13-21(25)26-2)15-18-7-10-19(22)11-8-18/h3-8,10-11H,9,12-15H2,1-2H3. The van der Waals surface area contributed by atoms with Gasteiger partial charge in [0.2, 0.25) is 5.91 Å². The topological polar surface area (TPSA) is 46.6 Å². The van der Waals surface area contributed by atoms with Crippen molar-refractivity contribution in [3.63, 3.8) is 0 Å². The van der Waals surface area contributed by atoms with Crippen LogP contribution in [0.4, 0.5) is 4.39 Å². The number of rotatable bonds is 8. The molecule has 0 fully saturated rings. The largest absolute Gasteiger partial charge is 0.469 e. The van der Waals surface area contributed by atoms with Crippen LogP contribution in [-0.2, 0) is 27.3 Å². The number of aryl methyl sites for hydroxylation is 2. The molecule has 0 atom stereocenters. The van der Waals surface area contributed by atoms with Crippen molar-refractivity contribution in [3.05, 3.63) is 71.0 Å². The Kier molecular flexibility index (Phi) is 7.33. The molecule has 0 aliphatic rings. The first kappa shape index (κ1) is 19.6. The van der Waals surface area contributed by atoms with Crippen molar-refractivity contribution in [1.29, 1.82) is 0 Å². The summed E-state index contributed by atoms with van der Waals surface area (Å²) in [6, 6.07) is 14.1. The summed E-state index contributed by atoms with van der Waals surface area (Å²) in [5, 5.41) is 0. The maximum absolute atomic E-state index is 13.1. The Morgan fingerprint density at radius 2 is 1.58 bits per heavy atom. The van der Waals surface area contributed by atoms with Gasteiger partial charge in [0.25, 0.3) is 0 Å². The minimum Gasteiger partial charge on any atom is -0.469 e. The van der Waals surface area contributed by atoms with E-state index in [0.29, 0.717) is 19.4 Å². The van der Waals surface area contributed by atoms with Crippen LogP contribution in [0, 0.1) is 12.7 Å². The molecular weight excluding hydrogens is 333 g/mol. The van der Waals surface area contributed by atoms with Gasteiger partial charge in [0.1, 0.15) is 5.82 Å². The zero-order valence-electron chi connectivity index (χ0n) is 15.2. The molecule has 0 bridgehead atoms. The lowest BCUT2D eigenvalue weighted by molar-refractivity contribution is -0.141. The summed E-state index contributed by atoms with van der Waals surface area (Å²) >= 11 is 0. The first-order valence-electron chi connectivity index (χ1n) is 8.62. The average molecular weight is 357 g/mol. The van der Waals surface area contributed by atoms with Crippen molar-refractivity contribution in [2.24, 2.45) is 0 Å². The Morgan fingerprint density at radius 3 is 2.19 bits per heavy atom. The van der Waals surface area contributed by atoms with Crippen LogP contribution in [0.15, 0.2) is 48.5 Å². The number of ether oxygens (including phenoxy) is 1. The van der Waals surface area contributed by atoms with Crippen molar-refractivity contribution in [1.82, 2.24) is 4.90 Å².